The van der Waals surface area contributed by atoms with Crippen LogP contribution in [-0.4, -0.2) is 70.8 Å². The van der Waals surface area contributed by atoms with E-state index in [9.17, 15) is 23.4 Å². The third-order valence-electron chi connectivity index (χ3n) is 8.82. The van der Waals surface area contributed by atoms with Crippen LogP contribution in [0.1, 0.15) is 74.4 Å². The SMILES string of the molecule is Cc1cccc(C)c1-c1cc2nc(n1)NS(=O)(=O)c1cccc(c1)C(=O)N(CC1CCC(O)(CO)CC1)[C@H](CC(C)(C)C)CO2. The first kappa shape index (κ1) is 32.8. The molecule has 2 aromatic carbocycles. The van der Waals surface area contributed by atoms with Gasteiger partial charge in [0.25, 0.3) is 15.9 Å². The second-order valence-electron chi connectivity index (χ2n) is 13.8. The number of ether oxygens (including phenoxy) is 1. The topological polar surface area (TPSA) is 142 Å². The van der Waals surface area contributed by atoms with Crippen molar-refractivity contribution in [1.29, 1.82) is 0 Å². The summed E-state index contributed by atoms with van der Waals surface area (Å²) in [6.07, 6.45) is 2.80. The van der Waals surface area contributed by atoms with Gasteiger partial charge >= 0.3 is 0 Å². The zero-order chi connectivity index (χ0) is 32.6. The highest BCUT2D eigenvalue weighted by atomic mass is 32.2. The van der Waals surface area contributed by atoms with Crippen LogP contribution in [0.4, 0.5) is 5.95 Å². The number of fused-ring (bicyclic) bond motifs is 4. The van der Waals surface area contributed by atoms with E-state index in [1.165, 1.54) is 12.1 Å². The van der Waals surface area contributed by atoms with Gasteiger partial charge in [0.1, 0.15) is 6.61 Å². The molecule has 1 saturated carbocycles. The van der Waals surface area contributed by atoms with Gasteiger partial charge in [0.15, 0.2) is 0 Å². The molecule has 1 aliphatic carbocycles. The first-order valence-electron chi connectivity index (χ1n) is 15.5. The Kier molecular flexibility index (Phi) is 9.26. The Bertz CT molecular complexity index is 1640. The van der Waals surface area contributed by atoms with Gasteiger partial charge in [0, 0.05) is 23.7 Å². The maximum atomic E-state index is 14.3. The number of aliphatic hydroxyl groups excluding tert-OH is 1. The number of benzene rings is 2. The van der Waals surface area contributed by atoms with Crippen LogP contribution in [0.25, 0.3) is 11.3 Å². The van der Waals surface area contributed by atoms with Crippen molar-refractivity contribution in [3.8, 4) is 17.1 Å². The molecule has 10 nitrogen and oxygen atoms in total. The minimum absolute atomic E-state index is 0.0749. The highest BCUT2D eigenvalue weighted by Gasteiger charge is 2.37. The molecule has 1 amide bonds. The summed E-state index contributed by atoms with van der Waals surface area (Å²) in [5, 5.41) is 20.3. The van der Waals surface area contributed by atoms with E-state index < -0.39 is 15.6 Å². The average Bonchev–Trinajstić information content (AvgIpc) is 2.98. The van der Waals surface area contributed by atoms with E-state index >= 15 is 0 Å². The van der Waals surface area contributed by atoms with Gasteiger partial charge in [-0.05, 0) is 86.6 Å². The smallest absolute Gasteiger partial charge is 0.264 e. The molecular weight excluding hydrogens is 592 g/mol. The fourth-order valence-corrected chi connectivity index (χ4v) is 7.40. The summed E-state index contributed by atoms with van der Waals surface area (Å²) in [7, 11) is -4.16. The lowest BCUT2D eigenvalue weighted by atomic mass is 9.78. The van der Waals surface area contributed by atoms with Crippen LogP contribution in [0.15, 0.2) is 53.4 Å². The zero-order valence-electron chi connectivity index (χ0n) is 26.7. The molecule has 0 spiro atoms. The number of carbonyl (C=O) groups is 1. The summed E-state index contributed by atoms with van der Waals surface area (Å²) in [6.45, 7) is 10.5. The third-order valence-corrected chi connectivity index (χ3v) is 10.1. The van der Waals surface area contributed by atoms with Gasteiger partial charge in [-0.3, -0.25) is 4.79 Å². The van der Waals surface area contributed by atoms with Gasteiger partial charge < -0.3 is 19.8 Å². The summed E-state index contributed by atoms with van der Waals surface area (Å²) in [5.41, 5.74) is 2.32. The van der Waals surface area contributed by atoms with Crippen LogP contribution in [0.3, 0.4) is 0 Å². The van der Waals surface area contributed by atoms with Crippen LogP contribution >= 0.6 is 0 Å². The van der Waals surface area contributed by atoms with Crippen LogP contribution < -0.4 is 9.46 Å². The molecule has 1 aliphatic heterocycles. The summed E-state index contributed by atoms with van der Waals surface area (Å²) in [5.74, 6) is -0.123. The number of hydrogen-bond acceptors (Lipinski definition) is 8. The Morgan fingerprint density at radius 3 is 2.36 bits per heavy atom. The van der Waals surface area contributed by atoms with Crippen molar-refractivity contribution in [3.05, 3.63) is 65.2 Å². The Balaban J connectivity index is 1.61. The van der Waals surface area contributed by atoms with Crippen LogP contribution in [0, 0.1) is 25.2 Å². The third kappa shape index (κ3) is 7.65. The molecule has 0 saturated heterocycles. The van der Waals surface area contributed by atoms with Crippen molar-refractivity contribution >= 4 is 21.9 Å². The van der Waals surface area contributed by atoms with Gasteiger partial charge in [0.2, 0.25) is 11.8 Å². The Morgan fingerprint density at radius 2 is 1.71 bits per heavy atom. The maximum Gasteiger partial charge on any atom is 0.264 e. The number of aryl methyl sites for hydroxylation is 2. The number of nitrogens with zero attached hydrogens (tertiary/aromatic N) is 3. The van der Waals surface area contributed by atoms with E-state index in [1.54, 1.807) is 18.2 Å². The molecular formula is C34H44N4O6S. The molecule has 11 heteroatoms. The molecule has 1 fully saturated rings. The number of sulfonamides is 1. The van der Waals surface area contributed by atoms with E-state index in [-0.39, 0.29) is 58.8 Å². The second-order valence-corrected chi connectivity index (χ2v) is 15.5. The van der Waals surface area contributed by atoms with E-state index in [4.69, 9.17) is 4.74 Å². The number of rotatable bonds is 5. The first-order chi connectivity index (χ1) is 21.2. The van der Waals surface area contributed by atoms with Crippen LogP contribution in [0.2, 0.25) is 0 Å². The first-order valence-corrected chi connectivity index (χ1v) is 17.0. The van der Waals surface area contributed by atoms with Crippen molar-refractivity contribution < 1.29 is 28.2 Å². The number of aromatic nitrogens is 2. The number of nitrogens with one attached hydrogen (secondary N) is 1. The van der Waals surface area contributed by atoms with Crippen molar-refractivity contribution in [1.82, 2.24) is 14.9 Å². The second kappa shape index (κ2) is 12.7. The largest absolute Gasteiger partial charge is 0.475 e. The Labute approximate surface area is 265 Å². The fraction of sp³-hybridized carbons (Fsp3) is 0.500. The molecule has 5 rings (SSSR count). The van der Waals surface area contributed by atoms with Gasteiger partial charge in [0.05, 0.1) is 28.8 Å². The van der Waals surface area contributed by atoms with Crippen molar-refractivity contribution in [2.45, 2.75) is 83.3 Å². The van der Waals surface area contributed by atoms with E-state index in [0.717, 1.165) is 16.7 Å². The minimum Gasteiger partial charge on any atom is -0.475 e. The van der Waals surface area contributed by atoms with Crippen LogP contribution in [0.5, 0.6) is 5.88 Å². The predicted octanol–water partition coefficient (Wildman–Crippen LogP) is 5.11. The standard InChI is InChI=1S/C34H44N4O6S/c1-22-8-6-9-23(2)30(22)28-17-29-36-32(35-28)37-45(42,43)27-11-7-10-25(16-27)31(40)38(26(20-44-29)18-33(3,4)5)19-24-12-14-34(41,21-39)15-13-24/h6-11,16-17,24,26,39,41H,12-15,18-21H2,1-5H3,(H,35,36,37)/t24?,26-,34?/m1/s1. The lowest BCUT2D eigenvalue weighted by Crippen LogP contribution is -2.49. The van der Waals surface area contributed by atoms with E-state index in [2.05, 4.69) is 35.5 Å². The predicted molar refractivity (Wildman–Crippen MR) is 173 cm³/mol. The minimum atomic E-state index is -4.16. The van der Waals surface area contributed by atoms with Gasteiger partial charge in [-0.1, -0.05) is 45.0 Å². The molecule has 1 aromatic heterocycles. The number of hydrogen-bond donors (Lipinski definition) is 3. The van der Waals surface area contributed by atoms with Crippen LogP contribution in [-0.2, 0) is 10.0 Å². The summed E-state index contributed by atoms with van der Waals surface area (Å²) in [6, 6.07) is 13.3. The maximum absolute atomic E-state index is 14.3. The molecule has 45 heavy (non-hydrogen) atoms. The van der Waals surface area contributed by atoms with E-state index in [1.807, 2.05) is 36.9 Å². The number of carbonyl (C=O) groups excluding carboxylic acids is 1. The molecule has 2 heterocycles. The molecule has 0 unspecified atom stereocenters. The van der Waals surface area contributed by atoms with Gasteiger partial charge in [-0.15, -0.1) is 0 Å². The Morgan fingerprint density at radius 1 is 1.04 bits per heavy atom. The highest BCUT2D eigenvalue weighted by Crippen LogP contribution is 2.35. The number of anilines is 1. The van der Waals surface area contributed by atoms with Crippen molar-refractivity contribution in [2.24, 2.45) is 11.3 Å². The summed E-state index contributed by atoms with van der Waals surface area (Å²) < 4.78 is 36.1. The lowest BCUT2D eigenvalue weighted by Gasteiger charge is -2.40. The lowest BCUT2D eigenvalue weighted by molar-refractivity contribution is -0.0550. The van der Waals surface area contributed by atoms with E-state index in [0.29, 0.717) is 44.3 Å². The summed E-state index contributed by atoms with van der Waals surface area (Å²) in [4.78, 5) is 25.1. The molecule has 4 bridgehead atoms. The number of aliphatic hydroxyl groups is 2. The molecule has 0 radical (unpaired) electrons. The van der Waals surface area contributed by atoms with Gasteiger partial charge in [-0.2, -0.15) is 4.98 Å². The monoisotopic (exact) mass is 636 g/mol. The van der Waals surface area contributed by atoms with Crippen molar-refractivity contribution in [3.63, 3.8) is 0 Å². The molecule has 2 aliphatic rings. The fourth-order valence-electron chi connectivity index (χ4n) is 6.41. The summed E-state index contributed by atoms with van der Waals surface area (Å²) >= 11 is 0. The molecule has 1 atom stereocenters. The molecule has 3 aromatic rings. The zero-order valence-corrected chi connectivity index (χ0v) is 27.5. The number of amides is 1. The quantitative estimate of drug-likeness (QED) is 0.351. The molecule has 3 N–H and O–H groups in total. The highest BCUT2D eigenvalue weighted by molar-refractivity contribution is 7.92. The Hall–Kier alpha value is -3.54. The van der Waals surface area contributed by atoms with Gasteiger partial charge in [-0.25, -0.2) is 18.1 Å². The average molecular weight is 637 g/mol. The molecule has 242 valence electrons. The normalized spacial score (nSPS) is 23.6. The van der Waals surface area contributed by atoms with Crippen molar-refractivity contribution in [2.75, 3.05) is 24.5 Å².